The third-order valence-electron chi connectivity index (χ3n) is 4.21. The molecule has 1 heteroatoms. The molecule has 0 N–H and O–H groups in total. The largest absolute Gasteiger partial charge is 0.472 e. The Morgan fingerprint density at radius 1 is 0.955 bits per heavy atom. The Morgan fingerprint density at radius 3 is 2.41 bits per heavy atom. The van der Waals surface area contributed by atoms with Crippen LogP contribution in [0.5, 0.6) is 0 Å². The lowest BCUT2D eigenvalue weighted by atomic mass is 10.0. The van der Waals surface area contributed by atoms with Crippen molar-refractivity contribution < 1.29 is 4.42 Å². The molecule has 1 nitrogen and oxygen atoms in total. The Kier molecular flexibility index (Phi) is 10.5. The molecule has 0 aliphatic rings. The molecule has 1 aromatic heterocycles. The molecule has 124 valence electrons. The van der Waals surface area contributed by atoms with Crippen LogP contribution in [0.25, 0.3) is 0 Å². The highest BCUT2D eigenvalue weighted by Gasteiger charge is 1.95. The minimum atomic E-state index is 1.08. The van der Waals surface area contributed by atoms with E-state index >= 15 is 0 Å². The zero-order valence-electron chi connectivity index (χ0n) is 14.9. The second kappa shape index (κ2) is 12.3. The van der Waals surface area contributed by atoms with Gasteiger partial charge in [0.1, 0.15) is 0 Å². The minimum Gasteiger partial charge on any atom is -0.472 e. The first-order chi connectivity index (χ1) is 10.7. The highest BCUT2D eigenvalue weighted by Crippen LogP contribution is 2.14. The van der Waals surface area contributed by atoms with Crippen LogP contribution in [0.3, 0.4) is 0 Å². The van der Waals surface area contributed by atoms with Crippen molar-refractivity contribution in [3.05, 3.63) is 47.5 Å². The normalized spacial score (nSPS) is 12.9. The van der Waals surface area contributed by atoms with Crippen LogP contribution >= 0.6 is 0 Å². The smallest absolute Gasteiger partial charge is 0.0934 e. The Bertz CT molecular complexity index is 423. The van der Waals surface area contributed by atoms with Gasteiger partial charge in [-0.25, -0.2) is 0 Å². The van der Waals surface area contributed by atoms with Gasteiger partial charge in [-0.15, -0.1) is 0 Å². The van der Waals surface area contributed by atoms with Crippen molar-refractivity contribution in [2.45, 2.75) is 85.0 Å². The third kappa shape index (κ3) is 9.65. The predicted molar refractivity (Wildman–Crippen MR) is 97.2 cm³/mol. The van der Waals surface area contributed by atoms with Crippen LogP contribution < -0.4 is 0 Å². The lowest BCUT2D eigenvalue weighted by Gasteiger charge is -2.03. The maximum atomic E-state index is 5.09. The molecule has 22 heavy (non-hydrogen) atoms. The summed E-state index contributed by atoms with van der Waals surface area (Å²) in [4.78, 5) is 0. The Morgan fingerprint density at radius 2 is 1.68 bits per heavy atom. The van der Waals surface area contributed by atoms with Gasteiger partial charge in [0.2, 0.25) is 0 Å². The molecule has 1 aromatic rings. The number of aryl methyl sites for hydroxylation is 1. The van der Waals surface area contributed by atoms with Gasteiger partial charge in [-0.3, -0.25) is 0 Å². The molecule has 0 fully saturated rings. The topological polar surface area (TPSA) is 13.1 Å². The molecule has 0 aliphatic heterocycles. The Balaban J connectivity index is 2.09. The average Bonchev–Trinajstić information content (AvgIpc) is 3.00. The van der Waals surface area contributed by atoms with E-state index in [2.05, 4.69) is 39.0 Å². The van der Waals surface area contributed by atoms with Crippen molar-refractivity contribution in [3.8, 4) is 0 Å². The van der Waals surface area contributed by atoms with Crippen LogP contribution in [0.1, 0.15) is 84.1 Å². The average molecular weight is 303 g/mol. The van der Waals surface area contributed by atoms with Crippen molar-refractivity contribution in [1.82, 2.24) is 0 Å². The van der Waals surface area contributed by atoms with Crippen LogP contribution in [0.4, 0.5) is 0 Å². The lowest BCUT2D eigenvalue weighted by molar-refractivity contribution is 0.564. The van der Waals surface area contributed by atoms with Gasteiger partial charge in [0.05, 0.1) is 12.5 Å². The molecule has 1 rings (SSSR count). The number of unbranched alkanes of at least 4 members (excludes halogenated alkanes) is 4. The molecule has 0 aromatic carbocycles. The van der Waals surface area contributed by atoms with Gasteiger partial charge in [0.25, 0.3) is 0 Å². The van der Waals surface area contributed by atoms with Crippen molar-refractivity contribution in [2.24, 2.45) is 0 Å². The fourth-order valence-electron chi connectivity index (χ4n) is 2.68. The van der Waals surface area contributed by atoms with E-state index in [-0.39, 0.29) is 0 Å². The fraction of sp³-hybridized carbons (Fsp3) is 0.619. The maximum absolute atomic E-state index is 5.09. The summed E-state index contributed by atoms with van der Waals surface area (Å²) in [6.07, 6.45) is 21.2. The van der Waals surface area contributed by atoms with E-state index in [0.29, 0.717) is 0 Å². The van der Waals surface area contributed by atoms with Gasteiger partial charge in [0.15, 0.2) is 0 Å². The number of allylic oxidation sites excluding steroid dienone is 4. The van der Waals surface area contributed by atoms with Crippen molar-refractivity contribution in [2.75, 3.05) is 0 Å². The summed E-state index contributed by atoms with van der Waals surface area (Å²) < 4.78 is 5.09. The number of furan rings is 1. The summed E-state index contributed by atoms with van der Waals surface area (Å²) >= 11 is 0. The van der Waals surface area contributed by atoms with E-state index in [1.54, 1.807) is 11.8 Å². The van der Waals surface area contributed by atoms with Gasteiger partial charge >= 0.3 is 0 Å². The van der Waals surface area contributed by atoms with E-state index in [1.165, 1.54) is 62.5 Å². The summed E-state index contributed by atoms with van der Waals surface area (Å²) in [5.74, 6) is 0. The van der Waals surface area contributed by atoms with E-state index in [1.807, 2.05) is 6.26 Å². The van der Waals surface area contributed by atoms with E-state index in [9.17, 15) is 0 Å². The molecule has 0 atom stereocenters. The molecular weight excluding hydrogens is 268 g/mol. The molecule has 0 radical (unpaired) electrons. The molecule has 0 spiro atoms. The molecule has 0 saturated carbocycles. The second-order valence-electron chi connectivity index (χ2n) is 6.47. The first kappa shape index (κ1) is 18.8. The summed E-state index contributed by atoms with van der Waals surface area (Å²) in [7, 11) is 0. The SMILES string of the molecule is CCCCCCC/C(C)=C/CC/C(C)=C/CCc1ccoc1. The maximum Gasteiger partial charge on any atom is 0.0934 e. The van der Waals surface area contributed by atoms with Gasteiger partial charge in [-0.1, -0.05) is 55.9 Å². The predicted octanol–water partition coefficient (Wildman–Crippen LogP) is 7.25. The number of rotatable bonds is 12. The Hall–Kier alpha value is -1.24. The zero-order chi connectivity index (χ0) is 16.0. The van der Waals surface area contributed by atoms with Gasteiger partial charge in [-0.2, -0.15) is 0 Å². The number of hydrogen-bond acceptors (Lipinski definition) is 1. The summed E-state index contributed by atoms with van der Waals surface area (Å²) in [6, 6.07) is 2.05. The van der Waals surface area contributed by atoms with Crippen molar-refractivity contribution in [1.29, 1.82) is 0 Å². The van der Waals surface area contributed by atoms with Crippen molar-refractivity contribution in [3.63, 3.8) is 0 Å². The molecule has 0 bridgehead atoms. The molecule has 0 saturated heterocycles. The van der Waals surface area contributed by atoms with E-state index in [4.69, 9.17) is 4.42 Å². The summed E-state index contributed by atoms with van der Waals surface area (Å²) in [5, 5.41) is 0. The fourth-order valence-corrected chi connectivity index (χ4v) is 2.68. The zero-order valence-corrected chi connectivity index (χ0v) is 14.9. The Labute approximate surface area is 137 Å². The van der Waals surface area contributed by atoms with E-state index in [0.717, 1.165) is 12.8 Å². The molecule has 1 heterocycles. The van der Waals surface area contributed by atoms with Crippen molar-refractivity contribution >= 4 is 0 Å². The molecular formula is C21H34O. The van der Waals surface area contributed by atoms with Crippen LogP contribution in [0, 0.1) is 0 Å². The molecule has 0 unspecified atom stereocenters. The van der Waals surface area contributed by atoms with Gasteiger partial charge < -0.3 is 4.42 Å². The first-order valence-corrected chi connectivity index (χ1v) is 9.04. The van der Waals surface area contributed by atoms with Crippen LogP contribution in [-0.2, 0) is 6.42 Å². The highest BCUT2D eigenvalue weighted by molar-refractivity contribution is 5.08. The van der Waals surface area contributed by atoms with Crippen LogP contribution in [0.15, 0.2) is 46.3 Å². The van der Waals surface area contributed by atoms with Crippen LogP contribution in [0.2, 0.25) is 0 Å². The van der Waals surface area contributed by atoms with Gasteiger partial charge in [-0.05, 0) is 64.0 Å². The summed E-state index contributed by atoms with van der Waals surface area (Å²) in [6.45, 7) is 6.82. The van der Waals surface area contributed by atoms with Gasteiger partial charge in [0, 0.05) is 0 Å². The first-order valence-electron chi connectivity index (χ1n) is 9.04. The minimum absolute atomic E-state index is 1.08. The molecule has 0 amide bonds. The quantitative estimate of drug-likeness (QED) is 0.293. The third-order valence-corrected chi connectivity index (χ3v) is 4.21. The van der Waals surface area contributed by atoms with Crippen LogP contribution in [-0.4, -0.2) is 0 Å². The molecule has 0 aliphatic carbocycles. The standard InChI is InChI=1S/C21H34O/c1-4-5-6-7-8-11-19(2)12-9-13-20(3)14-10-15-21-16-17-22-18-21/h12,14,16-18H,4-11,13,15H2,1-3H3/b19-12+,20-14+. The highest BCUT2D eigenvalue weighted by atomic mass is 16.3. The number of hydrogen-bond donors (Lipinski definition) is 0. The second-order valence-corrected chi connectivity index (χ2v) is 6.47. The van der Waals surface area contributed by atoms with E-state index < -0.39 is 0 Å². The summed E-state index contributed by atoms with van der Waals surface area (Å²) in [5.41, 5.74) is 4.38. The monoisotopic (exact) mass is 302 g/mol. The lowest BCUT2D eigenvalue weighted by Crippen LogP contribution is -1.84.